The predicted octanol–water partition coefficient (Wildman–Crippen LogP) is 1.96. The molecule has 0 aliphatic carbocycles. The maximum absolute atomic E-state index is 10.9. The molecule has 1 saturated heterocycles. The molecule has 110 valence electrons. The van der Waals surface area contributed by atoms with Gasteiger partial charge in [-0.2, -0.15) is 5.26 Å². The predicted molar refractivity (Wildman–Crippen MR) is 73.4 cm³/mol. The van der Waals surface area contributed by atoms with E-state index in [1.165, 1.54) is 12.1 Å². The van der Waals surface area contributed by atoms with E-state index in [-0.39, 0.29) is 11.6 Å². The second-order valence-corrected chi connectivity index (χ2v) is 5.03. The van der Waals surface area contributed by atoms with Gasteiger partial charge in [0.25, 0.3) is 5.69 Å². The minimum atomic E-state index is -0.793. The van der Waals surface area contributed by atoms with Crippen LogP contribution in [-0.4, -0.2) is 34.0 Å². The number of piperidine rings is 1. The van der Waals surface area contributed by atoms with E-state index in [0.717, 1.165) is 0 Å². The highest BCUT2D eigenvalue weighted by atomic mass is 16.6. The molecule has 0 aromatic heterocycles. The van der Waals surface area contributed by atoms with Crippen LogP contribution in [0.15, 0.2) is 24.3 Å². The van der Waals surface area contributed by atoms with Crippen molar-refractivity contribution in [1.29, 1.82) is 5.26 Å². The van der Waals surface area contributed by atoms with Crippen LogP contribution < -0.4 is 0 Å². The molecule has 1 fully saturated rings. The monoisotopic (exact) mass is 289 g/mol. The lowest BCUT2D eigenvalue weighted by atomic mass is 9.94. The molecule has 1 aliphatic heterocycles. The third kappa shape index (κ3) is 3.35. The molecule has 7 nitrogen and oxygen atoms in total. The van der Waals surface area contributed by atoms with E-state index in [2.05, 4.69) is 6.07 Å². The first kappa shape index (κ1) is 14.9. The largest absolute Gasteiger partial charge is 0.481 e. The highest BCUT2D eigenvalue weighted by Gasteiger charge is 2.29. The van der Waals surface area contributed by atoms with E-state index >= 15 is 0 Å². The molecular formula is C14H15N3O4. The number of carbonyl (C=O) groups is 1. The van der Waals surface area contributed by atoms with Gasteiger partial charge in [0.15, 0.2) is 0 Å². The molecule has 1 heterocycles. The lowest BCUT2D eigenvalue weighted by Crippen LogP contribution is -2.38. The molecule has 0 spiro atoms. The third-order valence-electron chi connectivity index (χ3n) is 3.79. The Morgan fingerprint density at radius 3 is 2.38 bits per heavy atom. The minimum absolute atomic E-state index is 0.0139. The van der Waals surface area contributed by atoms with Crippen molar-refractivity contribution < 1.29 is 14.8 Å². The number of carboxylic acids is 1. The van der Waals surface area contributed by atoms with Crippen LogP contribution in [0.2, 0.25) is 0 Å². The van der Waals surface area contributed by atoms with Crippen LogP contribution in [0, 0.1) is 27.4 Å². The molecule has 7 heteroatoms. The summed E-state index contributed by atoms with van der Waals surface area (Å²) in [4.78, 5) is 23.0. The van der Waals surface area contributed by atoms with E-state index in [4.69, 9.17) is 5.11 Å². The van der Waals surface area contributed by atoms with E-state index in [9.17, 15) is 20.2 Å². The Kier molecular flexibility index (Phi) is 4.50. The Labute approximate surface area is 121 Å². The van der Waals surface area contributed by atoms with Crippen LogP contribution in [0.25, 0.3) is 0 Å². The Morgan fingerprint density at radius 1 is 1.38 bits per heavy atom. The number of likely N-dealkylation sites (tertiary alicyclic amines) is 1. The maximum Gasteiger partial charge on any atom is 0.306 e. The van der Waals surface area contributed by atoms with Gasteiger partial charge in [-0.15, -0.1) is 0 Å². The molecule has 0 bridgehead atoms. The van der Waals surface area contributed by atoms with Gasteiger partial charge in [0, 0.05) is 25.2 Å². The van der Waals surface area contributed by atoms with Gasteiger partial charge in [-0.25, -0.2) is 0 Å². The van der Waals surface area contributed by atoms with E-state index in [1.807, 2.05) is 4.90 Å². The van der Waals surface area contributed by atoms with Gasteiger partial charge in [-0.05, 0) is 30.5 Å². The van der Waals surface area contributed by atoms with Crippen molar-refractivity contribution >= 4 is 11.7 Å². The SMILES string of the molecule is N#CC(c1ccc([N+](=O)[O-])cc1)N1CCC(C(=O)O)CC1. The molecule has 1 N–H and O–H groups in total. The van der Waals surface area contributed by atoms with Gasteiger partial charge >= 0.3 is 5.97 Å². The lowest BCUT2D eigenvalue weighted by Gasteiger charge is -2.33. The Hall–Kier alpha value is -2.46. The number of nitro groups is 1. The lowest BCUT2D eigenvalue weighted by molar-refractivity contribution is -0.384. The number of hydrogen-bond donors (Lipinski definition) is 1. The maximum atomic E-state index is 10.9. The molecule has 2 rings (SSSR count). The number of rotatable bonds is 4. The summed E-state index contributed by atoms with van der Waals surface area (Å²) in [5.74, 6) is -1.14. The summed E-state index contributed by atoms with van der Waals surface area (Å²) in [6, 6.07) is 7.60. The van der Waals surface area contributed by atoms with Crippen LogP contribution in [-0.2, 0) is 4.79 Å². The zero-order chi connectivity index (χ0) is 15.4. The second kappa shape index (κ2) is 6.33. The van der Waals surface area contributed by atoms with E-state index in [1.54, 1.807) is 12.1 Å². The summed E-state index contributed by atoms with van der Waals surface area (Å²) < 4.78 is 0. The van der Waals surface area contributed by atoms with Gasteiger partial charge in [0.1, 0.15) is 6.04 Å². The van der Waals surface area contributed by atoms with Crippen molar-refractivity contribution in [2.45, 2.75) is 18.9 Å². The van der Waals surface area contributed by atoms with Crippen LogP contribution in [0.5, 0.6) is 0 Å². The number of nitriles is 1. The Morgan fingerprint density at radius 2 is 1.95 bits per heavy atom. The van der Waals surface area contributed by atoms with Crippen LogP contribution in [0.3, 0.4) is 0 Å². The molecule has 21 heavy (non-hydrogen) atoms. The highest BCUT2D eigenvalue weighted by molar-refractivity contribution is 5.70. The third-order valence-corrected chi connectivity index (χ3v) is 3.79. The van der Waals surface area contributed by atoms with Crippen molar-refractivity contribution in [3.8, 4) is 6.07 Å². The molecule has 1 atom stereocenters. The number of benzene rings is 1. The molecule has 1 aromatic carbocycles. The van der Waals surface area contributed by atoms with Crippen LogP contribution >= 0.6 is 0 Å². The first-order valence-electron chi connectivity index (χ1n) is 6.63. The van der Waals surface area contributed by atoms with Gasteiger partial charge in [-0.1, -0.05) is 0 Å². The first-order valence-corrected chi connectivity index (χ1v) is 6.63. The number of nitro benzene ring substituents is 1. The topological polar surface area (TPSA) is 107 Å². The quantitative estimate of drug-likeness (QED) is 0.670. The fraction of sp³-hybridized carbons (Fsp3) is 0.429. The molecule has 0 radical (unpaired) electrons. The zero-order valence-corrected chi connectivity index (χ0v) is 11.3. The number of aliphatic carboxylic acids is 1. The van der Waals surface area contributed by atoms with Crippen molar-refractivity contribution in [3.63, 3.8) is 0 Å². The fourth-order valence-electron chi connectivity index (χ4n) is 2.55. The number of hydrogen-bond acceptors (Lipinski definition) is 5. The normalized spacial score (nSPS) is 17.9. The minimum Gasteiger partial charge on any atom is -0.481 e. The van der Waals surface area contributed by atoms with Crippen molar-refractivity contribution in [2.24, 2.45) is 5.92 Å². The van der Waals surface area contributed by atoms with Gasteiger partial charge < -0.3 is 5.11 Å². The van der Waals surface area contributed by atoms with Crippen LogP contribution in [0.1, 0.15) is 24.4 Å². The molecule has 0 amide bonds. The average Bonchev–Trinajstić information content (AvgIpc) is 2.49. The molecule has 1 aliphatic rings. The number of non-ortho nitro benzene ring substituents is 1. The summed E-state index contributed by atoms with van der Waals surface area (Å²) in [5, 5.41) is 28.9. The number of carboxylic acid groups (broad SMARTS) is 1. The first-order chi connectivity index (χ1) is 10.0. The van der Waals surface area contributed by atoms with E-state index < -0.39 is 16.9 Å². The van der Waals surface area contributed by atoms with Gasteiger partial charge in [0.2, 0.25) is 0 Å². The summed E-state index contributed by atoms with van der Waals surface area (Å²) in [7, 11) is 0. The summed E-state index contributed by atoms with van der Waals surface area (Å²) in [6.45, 7) is 1.07. The average molecular weight is 289 g/mol. The van der Waals surface area contributed by atoms with E-state index in [0.29, 0.717) is 31.5 Å². The van der Waals surface area contributed by atoms with Gasteiger partial charge in [0.05, 0.1) is 16.9 Å². The van der Waals surface area contributed by atoms with Crippen molar-refractivity contribution in [3.05, 3.63) is 39.9 Å². The standard InChI is InChI=1S/C14H15N3O4/c15-9-13(10-1-3-12(4-2-10)17(20)21)16-7-5-11(6-8-16)14(18)19/h1-4,11,13H,5-8H2,(H,18,19). The summed E-state index contributed by atoms with van der Waals surface area (Å²) in [6.07, 6.45) is 1.03. The van der Waals surface area contributed by atoms with Crippen LogP contribution in [0.4, 0.5) is 5.69 Å². The molecule has 0 saturated carbocycles. The molecule has 1 unspecified atom stereocenters. The Bertz CT molecular complexity index is 571. The summed E-state index contributed by atoms with van der Waals surface area (Å²) >= 11 is 0. The fourth-order valence-corrected chi connectivity index (χ4v) is 2.55. The smallest absolute Gasteiger partial charge is 0.306 e. The molecule has 1 aromatic rings. The second-order valence-electron chi connectivity index (χ2n) is 5.03. The summed E-state index contributed by atoms with van der Waals surface area (Å²) in [5.41, 5.74) is 0.678. The van der Waals surface area contributed by atoms with Crippen molar-refractivity contribution in [2.75, 3.05) is 13.1 Å². The zero-order valence-electron chi connectivity index (χ0n) is 11.3. The Balaban J connectivity index is 2.08. The highest BCUT2D eigenvalue weighted by Crippen LogP contribution is 2.27. The van der Waals surface area contributed by atoms with Gasteiger partial charge in [-0.3, -0.25) is 19.8 Å². The molecular weight excluding hydrogens is 274 g/mol. The number of nitrogens with zero attached hydrogens (tertiary/aromatic N) is 3. The van der Waals surface area contributed by atoms with Crippen molar-refractivity contribution in [1.82, 2.24) is 4.90 Å².